The van der Waals surface area contributed by atoms with E-state index in [-0.39, 0.29) is 18.1 Å². The Morgan fingerprint density at radius 2 is 2.00 bits per heavy atom. The summed E-state index contributed by atoms with van der Waals surface area (Å²) in [6.45, 7) is 10.4. The average molecular weight is 274 g/mol. The summed E-state index contributed by atoms with van der Waals surface area (Å²) in [6.07, 6.45) is 2.90. The molecular formula is C12H22N2O3S. The SMILES string of the molecule is Cc1nn(C(C)C(C)(C)C)cc1COS(C)(=O)=O. The van der Waals surface area contributed by atoms with Crippen LogP contribution in [0.5, 0.6) is 0 Å². The smallest absolute Gasteiger partial charge is 0.264 e. The fourth-order valence-electron chi connectivity index (χ4n) is 1.43. The summed E-state index contributed by atoms with van der Waals surface area (Å²) < 4.78 is 28.6. The third-order valence-corrected chi connectivity index (χ3v) is 3.64. The van der Waals surface area contributed by atoms with Crippen molar-refractivity contribution >= 4 is 10.1 Å². The molecule has 0 saturated carbocycles. The predicted molar refractivity (Wildman–Crippen MR) is 70.8 cm³/mol. The molecule has 1 aromatic heterocycles. The lowest BCUT2D eigenvalue weighted by molar-refractivity contribution is 0.243. The molecule has 0 aliphatic heterocycles. The quantitative estimate of drug-likeness (QED) is 0.790. The van der Waals surface area contributed by atoms with Gasteiger partial charge in [0.1, 0.15) is 0 Å². The lowest BCUT2D eigenvalue weighted by Crippen LogP contribution is -2.22. The van der Waals surface area contributed by atoms with E-state index in [4.69, 9.17) is 4.18 Å². The molecule has 18 heavy (non-hydrogen) atoms. The second kappa shape index (κ2) is 5.01. The van der Waals surface area contributed by atoms with Gasteiger partial charge in [0.2, 0.25) is 0 Å². The Kier molecular flexibility index (Phi) is 4.23. The molecule has 0 aliphatic rings. The van der Waals surface area contributed by atoms with Crippen molar-refractivity contribution in [2.75, 3.05) is 6.26 Å². The molecule has 104 valence electrons. The van der Waals surface area contributed by atoms with Crippen molar-refractivity contribution in [3.8, 4) is 0 Å². The third kappa shape index (κ3) is 4.10. The zero-order valence-corrected chi connectivity index (χ0v) is 12.7. The van der Waals surface area contributed by atoms with E-state index in [1.807, 2.05) is 17.8 Å². The molecule has 0 radical (unpaired) electrons. The molecule has 1 atom stereocenters. The molecule has 1 aromatic rings. The van der Waals surface area contributed by atoms with Crippen LogP contribution < -0.4 is 0 Å². The highest BCUT2D eigenvalue weighted by atomic mass is 32.2. The summed E-state index contributed by atoms with van der Waals surface area (Å²) in [5.74, 6) is 0. The molecule has 0 aromatic carbocycles. The molecule has 0 fully saturated rings. The topological polar surface area (TPSA) is 61.2 Å². The number of nitrogens with zero attached hydrogens (tertiary/aromatic N) is 2. The van der Waals surface area contributed by atoms with Crippen molar-refractivity contribution in [2.24, 2.45) is 5.41 Å². The van der Waals surface area contributed by atoms with Crippen LogP contribution in [0.2, 0.25) is 0 Å². The first-order chi connectivity index (χ1) is 8.00. The zero-order chi connectivity index (χ0) is 14.1. The first-order valence-electron chi connectivity index (χ1n) is 5.90. The summed E-state index contributed by atoms with van der Waals surface area (Å²) >= 11 is 0. The van der Waals surface area contributed by atoms with E-state index in [1.54, 1.807) is 0 Å². The van der Waals surface area contributed by atoms with Crippen LogP contribution in [-0.2, 0) is 20.9 Å². The maximum absolute atomic E-state index is 11.0. The van der Waals surface area contributed by atoms with E-state index in [0.29, 0.717) is 0 Å². The number of aromatic nitrogens is 2. The molecule has 0 aliphatic carbocycles. The van der Waals surface area contributed by atoms with E-state index in [2.05, 4.69) is 32.8 Å². The van der Waals surface area contributed by atoms with E-state index in [9.17, 15) is 8.42 Å². The normalized spacial score (nSPS) is 14.8. The highest BCUT2D eigenvalue weighted by Crippen LogP contribution is 2.29. The van der Waals surface area contributed by atoms with Crippen LogP contribution in [-0.4, -0.2) is 24.5 Å². The summed E-state index contributed by atoms with van der Waals surface area (Å²) in [5, 5.41) is 4.42. The second-order valence-electron chi connectivity index (χ2n) is 5.73. The molecule has 1 unspecified atom stereocenters. The van der Waals surface area contributed by atoms with Gasteiger partial charge in [-0.1, -0.05) is 20.8 Å². The maximum atomic E-state index is 11.0. The fraction of sp³-hybridized carbons (Fsp3) is 0.750. The van der Waals surface area contributed by atoms with Crippen molar-refractivity contribution in [1.82, 2.24) is 9.78 Å². The summed E-state index contributed by atoms with van der Waals surface area (Å²) in [7, 11) is -3.42. The summed E-state index contributed by atoms with van der Waals surface area (Å²) in [4.78, 5) is 0. The zero-order valence-electron chi connectivity index (χ0n) is 11.9. The third-order valence-electron chi connectivity index (χ3n) is 3.10. The molecule has 1 heterocycles. The highest BCUT2D eigenvalue weighted by molar-refractivity contribution is 7.85. The first-order valence-corrected chi connectivity index (χ1v) is 7.71. The molecular weight excluding hydrogens is 252 g/mol. The van der Waals surface area contributed by atoms with Gasteiger partial charge in [-0.15, -0.1) is 0 Å². The molecule has 0 N–H and O–H groups in total. The van der Waals surface area contributed by atoms with Crippen LogP contribution in [0.4, 0.5) is 0 Å². The van der Waals surface area contributed by atoms with Gasteiger partial charge in [-0.3, -0.25) is 8.86 Å². The second-order valence-corrected chi connectivity index (χ2v) is 7.37. The molecule has 1 rings (SSSR count). The van der Waals surface area contributed by atoms with E-state index < -0.39 is 10.1 Å². The van der Waals surface area contributed by atoms with Crippen LogP contribution in [0.15, 0.2) is 6.20 Å². The number of rotatable bonds is 4. The van der Waals surface area contributed by atoms with Crippen molar-refractivity contribution in [1.29, 1.82) is 0 Å². The Morgan fingerprint density at radius 1 is 1.44 bits per heavy atom. The van der Waals surface area contributed by atoms with Gasteiger partial charge < -0.3 is 0 Å². The minimum Gasteiger partial charge on any atom is -0.269 e. The molecule has 6 heteroatoms. The maximum Gasteiger partial charge on any atom is 0.264 e. The van der Waals surface area contributed by atoms with Gasteiger partial charge in [0.15, 0.2) is 0 Å². The average Bonchev–Trinajstić information content (AvgIpc) is 2.53. The standard InChI is InChI=1S/C12H22N2O3S/c1-9-11(8-17-18(6,15)16)7-14(13-9)10(2)12(3,4)5/h7,10H,8H2,1-6H3. The molecule has 0 amide bonds. The van der Waals surface area contributed by atoms with Crippen molar-refractivity contribution < 1.29 is 12.6 Å². The molecule has 0 bridgehead atoms. The Labute approximate surface area is 109 Å². The van der Waals surface area contributed by atoms with Crippen LogP contribution in [0.1, 0.15) is 45.0 Å². The van der Waals surface area contributed by atoms with Gasteiger partial charge in [-0.05, 0) is 19.3 Å². The number of aryl methyl sites for hydroxylation is 1. The van der Waals surface area contributed by atoms with Crippen LogP contribution in [0.3, 0.4) is 0 Å². The Morgan fingerprint density at radius 3 is 2.44 bits per heavy atom. The summed E-state index contributed by atoms with van der Waals surface area (Å²) in [6, 6.07) is 0.225. The number of hydrogen-bond acceptors (Lipinski definition) is 4. The van der Waals surface area contributed by atoms with Crippen molar-refractivity contribution in [2.45, 2.75) is 47.3 Å². The minimum absolute atomic E-state index is 0.0432. The van der Waals surface area contributed by atoms with Crippen molar-refractivity contribution in [3.63, 3.8) is 0 Å². The van der Waals surface area contributed by atoms with Crippen LogP contribution >= 0.6 is 0 Å². The van der Waals surface area contributed by atoms with E-state index in [0.717, 1.165) is 17.5 Å². The molecule has 0 spiro atoms. The van der Waals surface area contributed by atoms with Gasteiger partial charge in [0.25, 0.3) is 10.1 Å². The first kappa shape index (κ1) is 15.2. The highest BCUT2D eigenvalue weighted by Gasteiger charge is 2.23. The molecule has 0 saturated heterocycles. The Bertz CT molecular complexity index is 512. The van der Waals surface area contributed by atoms with Gasteiger partial charge >= 0.3 is 0 Å². The van der Waals surface area contributed by atoms with Gasteiger partial charge in [0, 0.05) is 11.8 Å². The Hall–Kier alpha value is -0.880. The summed E-state index contributed by atoms with van der Waals surface area (Å²) in [5.41, 5.74) is 1.69. The van der Waals surface area contributed by atoms with E-state index in [1.165, 1.54) is 0 Å². The van der Waals surface area contributed by atoms with Gasteiger partial charge in [-0.2, -0.15) is 13.5 Å². The van der Waals surface area contributed by atoms with Gasteiger partial charge in [0.05, 0.1) is 24.6 Å². The number of hydrogen-bond donors (Lipinski definition) is 0. The van der Waals surface area contributed by atoms with Crippen molar-refractivity contribution in [3.05, 3.63) is 17.5 Å². The Balaban J connectivity index is 2.89. The largest absolute Gasteiger partial charge is 0.269 e. The van der Waals surface area contributed by atoms with Crippen LogP contribution in [0, 0.1) is 12.3 Å². The monoisotopic (exact) mass is 274 g/mol. The molecule has 5 nitrogen and oxygen atoms in total. The lowest BCUT2D eigenvalue weighted by Gasteiger charge is -2.27. The lowest BCUT2D eigenvalue weighted by atomic mass is 9.88. The van der Waals surface area contributed by atoms with Crippen LogP contribution in [0.25, 0.3) is 0 Å². The fourth-order valence-corrected chi connectivity index (χ4v) is 1.77. The van der Waals surface area contributed by atoms with Gasteiger partial charge in [-0.25, -0.2) is 0 Å². The minimum atomic E-state index is -3.42. The predicted octanol–water partition coefficient (Wildman–Crippen LogP) is 2.27. The van der Waals surface area contributed by atoms with E-state index >= 15 is 0 Å².